The molecule has 0 amide bonds. The van der Waals surface area contributed by atoms with Gasteiger partial charge < -0.3 is 10.1 Å². The third-order valence-electron chi connectivity index (χ3n) is 5.28. The van der Waals surface area contributed by atoms with Crippen molar-refractivity contribution in [3.05, 3.63) is 50.6 Å². The van der Waals surface area contributed by atoms with Crippen molar-refractivity contribution in [2.45, 2.75) is 51.3 Å². The van der Waals surface area contributed by atoms with Crippen LogP contribution in [-0.2, 0) is 11.3 Å². The average Bonchev–Trinajstić information content (AvgIpc) is 3.23. The van der Waals surface area contributed by atoms with Gasteiger partial charge in [-0.25, -0.2) is 0 Å². The normalized spacial score (nSPS) is 34.6. The molecule has 2 saturated heterocycles. The fraction of sp³-hybridized carbons (Fsp3) is 0.474. The summed E-state index contributed by atoms with van der Waals surface area (Å²) in [5.41, 5.74) is 4.96. The van der Waals surface area contributed by atoms with Crippen molar-refractivity contribution >= 4 is 17.4 Å². The second-order valence-electron chi connectivity index (χ2n) is 6.66. The Kier molecular flexibility index (Phi) is 2.53. The Labute approximate surface area is 145 Å². The van der Waals surface area contributed by atoms with E-state index in [0.29, 0.717) is 6.42 Å². The molecule has 4 aliphatic rings. The number of allylic oxidation sites excluding steroid dienone is 3. The van der Waals surface area contributed by atoms with Crippen LogP contribution < -0.4 is 10.6 Å². The first-order valence-corrected chi connectivity index (χ1v) is 9.27. The van der Waals surface area contributed by atoms with Crippen LogP contribution in [0.4, 0.5) is 0 Å². The zero-order valence-electron chi connectivity index (χ0n) is 15.9. The Morgan fingerprint density at radius 2 is 2.39 bits per heavy atom. The summed E-state index contributed by atoms with van der Waals surface area (Å²) in [4.78, 5) is 1.37. The van der Waals surface area contributed by atoms with Crippen molar-refractivity contribution in [2.24, 2.45) is 5.92 Å². The lowest BCUT2D eigenvalue weighted by Crippen LogP contribution is -2.44. The lowest BCUT2D eigenvalue weighted by atomic mass is 9.83. The van der Waals surface area contributed by atoms with Crippen LogP contribution in [0.2, 0.25) is 0 Å². The van der Waals surface area contributed by atoms with Crippen LogP contribution in [-0.4, -0.2) is 12.3 Å². The first-order chi connectivity index (χ1) is 12.5. The largest absolute Gasteiger partial charge is 0.474 e. The molecule has 3 aliphatic heterocycles. The van der Waals surface area contributed by atoms with Gasteiger partial charge in [-0.2, -0.15) is 0 Å². The summed E-state index contributed by atoms with van der Waals surface area (Å²) in [5, 5.41) is 8.94. The molecule has 4 heteroatoms. The van der Waals surface area contributed by atoms with Crippen LogP contribution in [0.1, 0.15) is 47.1 Å². The Hall–Kier alpha value is -1.52. The lowest BCUT2D eigenvalue weighted by molar-refractivity contribution is 0.0612. The van der Waals surface area contributed by atoms with Crippen molar-refractivity contribution in [1.82, 2.24) is 10.6 Å². The highest BCUT2D eigenvalue weighted by Gasteiger charge is 2.42. The van der Waals surface area contributed by atoms with Gasteiger partial charge in [0.2, 0.25) is 0 Å². The summed E-state index contributed by atoms with van der Waals surface area (Å²) in [6.07, 6.45) is 7.80. The van der Waals surface area contributed by atoms with E-state index in [-0.39, 0.29) is 12.1 Å². The van der Waals surface area contributed by atoms with Crippen molar-refractivity contribution in [2.75, 3.05) is 0 Å². The molecule has 2 unspecified atom stereocenters. The Balaban J connectivity index is 1.47. The van der Waals surface area contributed by atoms with E-state index >= 15 is 0 Å². The summed E-state index contributed by atoms with van der Waals surface area (Å²) < 4.78 is 29.4. The molecule has 0 spiro atoms. The van der Waals surface area contributed by atoms with E-state index in [4.69, 9.17) is 8.85 Å². The molecule has 2 fully saturated rings. The van der Waals surface area contributed by atoms with Gasteiger partial charge in [-0.05, 0) is 61.2 Å². The standard InChI is InChI=1S/C19H22N2OS/c1-11-5-6-14-13-3-2-4-15(18(13)22-19(14)21-11)16-9-12-7-8-23-17(12)10-20-16/h3,7-9,11,14,19-21H,2,4-6,10H2,1H3/t11-,14?,19?/m1/s1/i1D3. The SMILES string of the molecule is [2H]C([2H])([2H])[C@@H]1CCC2C3=CCCC(C4=Cc5ccsc5CN4)=C3OC2N1. The Bertz CT molecular complexity index is 836. The van der Waals surface area contributed by atoms with E-state index in [2.05, 4.69) is 34.2 Å². The van der Waals surface area contributed by atoms with E-state index in [1.165, 1.54) is 21.6 Å². The Morgan fingerprint density at radius 3 is 3.35 bits per heavy atom. The minimum atomic E-state index is -1.98. The van der Waals surface area contributed by atoms with E-state index < -0.39 is 12.9 Å². The molecule has 0 saturated carbocycles. The lowest BCUT2D eigenvalue weighted by Gasteiger charge is -2.29. The number of hydrogen-bond acceptors (Lipinski definition) is 4. The molecule has 0 aromatic carbocycles. The van der Waals surface area contributed by atoms with Crippen molar-refractivity contribution in [1.29, 1.82) is 0 Å². The fourth-order valence-electron chi connectivity index (χ4n) is 4.12. The predicted octanol–water partition coefficient (Wildman–Crippen LogP) is 3.91. The molecule has 1 aliphatic carbocycles. The predicted molar refractivity (Wildman–Crippen MR) is 93.7 cm³/mol. The maximum Gasteiger partial charge on any atom is 0.157 e. The minimum Gasteiger partial charge on any atom is -0.474 e. The number of nitrogens with one attached hydrogen (secondary N) is 2. The number of ether oxygens (including phenoxy) is 1. The molecule has 3 nitrogen and oxygen atoms in total. The van der Waals surface area contributed by atoms with Gasteiger partial charge in [-0.3, -0.25) is 5.32 Å². The second-order valence-corrected chi connectivity index (χ2v) is 7.66. The summed E-state index contributed by atoms with van der Waals surface area (Å²) >= 11 is 1.78. The zero-order valence-corrected chi connectivity index (χ0v) is 13.7. The van der Waals surface area contributed by atoms with Crippen LogP contribution in [0.5, 0.6) is 0 Å². The molecule has 0 bridgehead atoms. The maximum absolute atomic E-state index is 7.70. The van der Waals surface area contributed by atoms with Gasteiger partial charge in [0.25, 0.3) is 0 Å². The van der Waals surface area contributed by atoms with Gasteiger partial charge >= 0.3 is 0 Å². The van der Waals surface area contributed by atoms with Crippen LogP contribution in [0.3, 0.4) is 0 Å². The molecule has 1 aromatic rings. The molecule has 120 valence electrons. The average molecular weight is 329 g/mol. The number of rotatable bonds is 1. The van der Waals surface area contributed by atoms with Gasteiger partial charge in [-0.1, -0.05) is 6.08 Å². The van der Waals surface area contributed by atoms with Crippen molar-refractivity contribution in [3.63, 3.8) is 0 Å². The highest BCUT2D eigenvalue weighted by molar-refractivity contribution is 7.10. The molecule has 4 heterocycles. The molecule has 23 heavy (non-hydrogen) atoms. The van der Waals surface area contributed by atoms with Crippen molar-refractivity contribution in [3.8, 4) is 0 Å². The van der Waals surface area contributed by atoms with E-state index in [0.717, 1.165) is 37.3 Å². The van der Waals surface area contributed by atoms with E-state index in [1.807, 2.05) is 0 Å². The van der Waals surface area contributed by atoms with Gasteiger partial charge in [-0.15, -0.1) is 11.3 Å². The third-order valence-corrected chi connectivity index (χ3v) is 6.22. The van der Waals surface area contributed by atoms with Crippen LogP contribution in [0.15, 0.2) is 40.1 Å². The highest BCUT2D eigenvalue weighted by Crippen LogP contribution is 2.45. The fourth-order valence-corrected chi connectivity index (χ4v) is 4.92. The summed E-state index contributed by atoms with van der Waals surface area (Å²) in [6.45, 7) is -1.11. The topological polar surface area (TPSA) is 33.3 Å². The second kappa shape index (κ2) is 5.25. The molecule has 3 atom stereocenters. The zero-order chi connectivity index (χ0) is 17.9. The van der Waals surface area contributed by atoms with Crippen molar-refractivity contribution < 1.29 is 8.85 Å². The number of thiophene rings is 1. The summed E-state index contributed by atoms with van der Waals surface area (Å²) in [6, 6.07) is 1.69. The Morgan fingerprint density at radius 1 is 1.39 bits per heavy atom. The van der Waals surface area contributed by atoms with Gasteiger partial charge in [0.05, 0.1) is 0 Å². The minimum absolute atomic E-state index is 0.218. The maximum atomic E-state index is 7.70. The van der Waals surface area contributed by atoms with Crippen LogP contribution in [0.25, 0.3) is 6.08 Å². The van der Waals surface area contributed by atoms with Gasteiger partial charge in [0, 0.05) is 38.8 Å². The monoisotopic (exact) mass is 329 g/mol. The van der Waals surface area contributed by atoms with Gasteiger partial charge in [0.1, 0.15) is 5.76 Å². The number of hydrogen-bond donors (Lipinski definition) is 2. The van der Waals surface area contributed by atoms with Gasteiger partial charge in [0.15, 0.2) is 6.23 Å². The van der Waals surface area contributed by atoms with E-state index in [1.54, 1.807) is 11.3 Å². The summed E-state index contributed by atoms with van der Waals surface area (Å²) in [5.74, 6) is 1.24. The number of piperidine rings is 1. The highest BCUT2D eigenvalue weighted by atomic mass is 32.1. The molecular weight excluding hydrogens is 304 g/mol. The number of fused-ring (bicyclic) bond motifs is 4. The molecule has 2 N–H and O–H groups in total. The molecular formula is C19H22N2OS. The summed E-state index contributed by atoms with van der Waals surface area (Å²) in [7, 11) is 0. The van der Waals surface area contributed by atoms with Crippen LogP contribution in [0, 0.1) is 5.92 Å². The quantitative estimate of drug-likeness (QED) is 0.819. The van der Waals surface area contributed by atoms with Crippen LogP contribution >= 0.6 is 11.3 Å². The third kappa shape index (κ3) is 2.19. The molecule has 1 aromatic heterocycles. The molecule has 0 radical (unpaired) electrons. The van der Waals surface area contributed by atoms with E-state index in [9.17, 15) is 0 Å². The molecule has 5 rings (SSSR count). The first-order valence-electron chi connectivity index (χ1n) is 9.89. The first kappa shape index (κ1) is 11.1. The smallest absolute Gasteiger partial charge is 0.157 e.